The normalized spacial score (nSPS) is 10.8. The first kappa shape index (κ1) is 25.0. The maximum absolute atomic E-state index is 13.2. The van der Waals surface area contributed by atoms with Gasteiger partial charge >= 0.3 is 11.8 Å². The van der Waals surface area contributed by atoms with E-state index in [1.807, 2.05) is 26.0 Å². The molecule has 1 heterocycles. The number of aromatic nitrogens is 1. The fraction of sp³-hybridized carbons (Fsp3) is 0.0800. The van der Waals surface area contributed by atoms with Crippen LogP contribution in [0.3, 0.4) is 0 Å². The summed E-state index contributed by atoms with van der Waals surface area (Å²) in [7, 11) is 0. The highest BCUT2D eigenvalue weighted by Crippen LogP contribution is 2.26. The summed E-state index contributed by atoms with van der Waals surface area (Å²) in [5, 5.41) is 6.56. The van der Waals surface area contributed by atoms with Crippen LogP contribution in [0, 0.1) is 13.8 Å². The second-order valence-corrected chi connectivity index (χ2v) is 10.0. The predicted octanol–water partition coefficient (Wildman–Crippen LogP) is 6.40. The molecule has 0 saturated carbocycles. The van der Waals surface area contributed by atoms with Crippen LogP contribution in [0.25, 0.3) is 10.9 Å². The van der Waals surface area contributed by atoms with Crippen LogP contribution in [0.15, 0.2) is 69.6 Å². The molecule has 0 aliphatic carbocycles. The van der Waals surface area contributed by atoms with Crippen LogP contribution >= 0.6 is 43.5 Å². The fourth-order valence-corrected chi connectivity index (χ4v) is 4.54. The number of amides is 3. The molecular weight excluding hydrogens is 600 g/mol. The lowest BCUT2D eigenvalue weighted by Gasteiger charge is -2.13. The van der Waals surface area contributed by atoms with Crippen LogP contribution in [0.2, 0.25) is 5.02 Å². The van der Waals surface area contributed by atoms with E-state index in [9.17, 15) is 14.4 Å². The number of hydrogen-bond acceptors (Lipinski definition) is 3. The Labute approximate surface area is 223 Å². The zero-order chi connectivity index (χ0) is 25.3. The number of halogens is 3. The molecule has 0 atom stereocenters. The summed E-state index contributed by atoms with van der Waals surface area (Å²) in [5.41, 5.74) is 6.03. The minimum atomic E-state index is -0.940. The molecule has 0 aliphatic heterocycles. The quantitative estimate of drug-likeness (QED) is 0.231. The number of benzene rings is 3. The van der Waals surface area contributed by atoms with E-state index in [-0.39, 0.29) is 5.69 Å². The van der Waals surface area contributed by atoms with E-state index in [4.69, 9.17) is 11.6 Å². The molecule has 0 unspecified atom stereocenters. The summed E-state index contributed by atoms with van der Waals surface area (Å²) >= 11 is 13.0. The minimum Gasteiger partial charge on any atom is -0.321 e. The number of hydrogen-bond donors (Lipinski definition) is 3. The first-order valence-electron chi connectivity index (χ1n) is 10.4. The van der Waals surface area contributed by atoms with Gasteiger partial charge in [0.1, 0.15) is 5.69 Å². The van der Waals surface area contributed by atoms with Crippen LogP contribution in [0.5, 0.6) is 0 Å². The molecule has 7 nitrogen and oxygen atoms in total. The zero-order valence-corrected chi connectivity index (χ0v) is 22.5. The standard InChI is InChI=1S/C25H19Br2ClN4O3/c1-13-3-7-20(18(27)9-13)30-24(34)25(35)31-32-21-8-5-16(26)10-15(21)11-22(32)23(33)29-17-6-4-14(2)19(28)12-17/h3-12H,1-2H3,(H,29,33)(H,30,34)(H,31,35). The van der Waals surface area contributed by atoms with E-state index in [2.05, 4.69) is 47.9 Å². The zero-order valence-electron chi connectivity index (χ0n) is 18.6. The Morgan fingerprint density at radius 1 is 0.857 bits per heavy atom. The van der Waals surface area contributed by atoms with Gasteiger partial charge in [-0.15, -0.1) is 0 Å². The van der Waals surface area contributed by atoms with Crippen molar-refractivity contribution in [3.8, 4) is 0 Å². The van der Waals surface area contributed by atoms with Gasteiger partial charge in [-0.2, -0.15) is 0 Å². The average Bonchev–Trinajstić information content (AvgIpc) is 3.15. The molecule has 3 amide bonds. The Hall–Kier alpha value is -3.14. The van der Waals surface area contributed by atoms with Gasteiger partial charge < -0.3 is 10.6 Å². The van der Waals surface area contributed by atoms with Gasteiger partial charge in [-0.25, -0.2) is 4.68 Å². The largest absolute Gasteiger partial charge is 0.328 e. The summed E-state index contributed by atoms with van der Waals surface area (Å²) < 4.78 is 2.73. The number of nitrogens with one attached hydrogen (secondary N) is 3. The molecule has 10 heteroatoms. The van der Waals surface area contributed by atoms with Crippen molar-refractivity contribution in [2.24, 2.45) is 0 Å². The molecule has 0 radical (unpaired) electrons. The van der Waals surface area contributed by atoms with Gasteiger partial charge in [0.2, 0.25) is 0 Å². The maximum atomic E-state index is 13.2. The first-order chi connectivity index (χ1) is 16.6. The molecular formula is C25H19Br2ClN4O3. The molecule has 0 spiro atoms. The summed E-state index contributed by atoms with van der Waals surface area (Å²) in [4.78, 5) is 38.6. The van der Waals surface area contributed by atoms with E-state index < -0.39 is 17.7 Å². The van der Waals surface area contributed by atoms with Gasteiger partial charge in [0.05, 0.1) is 11.2 Å². The average molecular weight is 619 g/mol. The molecule has 0 bridgehead atoms. The highest BCUT2D eigenvalue weighted by molar-refractivity contribution is 9.10. The third kappa shape index (κ3) is 5.58. The molecule has 1 aromatic heterocycles. The number of rotatable bonds is 4. The van der Waals surface area contributed by atoms with Crippen LogP contribution < -0.4 is 16.1 Å². The lowest BCUT2D eigenvalue weighted by molar-refractivity contribution is -0.133. The lowest BCUT2D eigenvalue weighted by Crippen LogP contribution is -2.36. The van der Waals surface area contributed by atoms with Crippen molar-refractivity contribution in [2.45, 2.75) is 13.8 Å². The molecule has 0 fully saturated rings. The second kappa shape index (κ2) is 10.2. The van der Waals surface area contributed by atoms with Gasteiger partial charge in [0.25, 0.3) is 5.91 Å². The number of carbonyl (C=O) groups excluding carboxylic acids is 3. The molecule has 3 N–H and O–H groups in total. The topological polar surface area (TPSA) is 92.2 Å². The highest BCUT2D eigenvalue weighted by atomic mass is 79.9. The van der Waals surface area contributed by atoms with Gasteiger partial charge in [0, 0.05) is 25.0 Å². The van der Waals surface area contributed by atoms with E-state index in [1.165, 1.54) is 4.68 Å². The molecule has 4 aromatic rings. The van der Waals surface area contributed by atoms with E-state index in [0.29, 0.717) is 31.8 Å². The van der Waals surface area contributed by atoms with Gasteiger partial charge in [0.15, 0.2) is 0 Å². The van der Waals surface area contributed by atoms with Crippen molar-refractivity contribution in [3.63, 3.8) is 0 Å². The SMILES string of the molecule is Cc1ccc(NC(=O)C(=O)Nn2c(C(=O)Nc3ccc(C)c(Cl)c3)cc3cc(Br)ccc32)c(Br)c1. The molecule has 3 aromatic carbocycles. The molecule has 4 rings (SSSR count). The highest BCUT2D eigenvalue weighted by Gasteiger charge is 2.22. The Kier molecular flexibility index (Phi) is 7.30. The minimum absolute atomic E-state index is 0.132. The Morgan fingerprint density at radius 3 is 2.34 bits per heavy atom. The third-order valence-corrected chi connectivity index (χ3v) is 6.77. The van der Waals surface area contributed by atoms with Crippen molar-refractivity contribution >= 4 is 83.5 Å². The lowest BCUT2D eigenvalue weighted by atomic mass is 10.2. The maximum Gasteiger partial charge on any atom is 0.328 e. The second-order valence-electron chi connectivity index (χ2n) is 7.86. The van der Waals surface area contributed by atoms with Crippen molar-refractivity contribution in [1.29, 1.82) is 0 Å². The number of carbonyl (C=O) groups is 3. The van der Waals surface area contributed by atoms with E-state index >= 15 is 0 Å². The Morgan fingerprint density at radius 2 is 1.63 bits per heavy atom. The van der Waals surface area contributed by atoms with Crippen molar-refractivity contribution < 1.29 is 14.4 Å². The third-order valence-electron chi connectivity index (χ3n) is 5.22. The number of aryl methyl sites for hydroxylation is 2. The number of anilines is 2. The summed E-state index contributed by atoms with van der Waals surface area (Å²) in [5.74, 6) is -2.31. The van der Waals surface area contributed by atoms with Gasteiger partial charge in [-0.1, -0.05) is 39.7 Å². The van der Waals surface area contributed by atoms with Gasteiger partial charge in [-0.05, 0) is 89.4 Å². The summed E-state index contributed by atoms with van der Waals surface area (Å²) in [6.45, 7) is 3.77. The van der Waals surface area contributed by atoms with E-state index in [0.717, 1.165) is 15.6 Å². The van der Waals surface area contributed by atoms with Crippen LogP contribution in [0.1, 0.15) is 21.6 Å². The Bertz CT molecular complexity index is 1500. The van der Waals surface area contributed by atoms with Gasteiger partial charge in [-0.3, -0.25) is 19.8 Å². The van der Waals surface area contributed by atoms with E-state index in [1.54, 1.807) is 48.5 Å². The first-order valence-corrected chi connectivity index (χ1v) is 12.4. The smallest absolute Gasteiger partial charge is 0.321 e. The number of nitrogens with zero attached hydrogens (tertiary/aromatic N) is 1. The summed E-state index contributed by atoms with van der Waals surface area (Å²) in [6, 6.07) is 17.4. The predicted molar refractivity (Wildman–Crippen MR) is 146 cm³/mol. The summed E-state index contributed by atoms with van der Waals surface area (Å²) in [6.07, 6.45) is 0. The fourth-order valence-electron chi connectivity index (χ4n) is 3.39. The Balaban J connectivity index is 1.63. The number of fused-ring (bicyclic) bond motifs is 1. The van der Waals surface area contributed by atoms with Crippen molar-refractivity contribution in [3.05, 3.63) is 91.5 Å². The molecule has 35 heavy (non-hydrogen) atoms. The molecule has 0 aliphatic rings. The van der Waals surface area contributed by atoms with Crippen molar-refractivity contribution in [1.82, 2.24) is 4.68 Å². The molecule has 0 saturated heterocycles. The van der Waals surface area contributed by atoms with Crippen molar-refractivity contribution in [2.75, 3.05) is 16.1 Å². The van der Waals surface area contributed by atoms with Crippen LogP contribution in [0.4, 0.5) is 11.4 Å². The monoisotopic (exact) mass is 616 g/mol. The van der Waals surface area contributed by atoms with Crippen LogP contribution in [-0.4, -0.2) is 22.4 Å². The molecule has 178 valence electrons. The van der Waals surface area contributed by atoms with Crippen LogP contribution in [-0.2, 0) is 9.59 Å².